The van der Waals surface area contributed by atoms with Crippen LogP contribution < -0.4 is 0 Å². The van der Waals surface area contributed by atoms with Crippen LogP contribution in [0, 0.1) is 23.2 Å². The van der Waals surface area contributed by atoms with E-state index in [1.807, 2.05) is 20.8 Å². The molecule has 0 aromatic rings. The van der Waals surface area contributed by atoms with Crippen molar-refractivity contribution in [1.82, 2.24) is 4.90 Å². The van der Waals surface area contributed by atoms with Gasteiger partial charge in [-0.2, -0.15) is 0 Å². The standard InChI is InChI=1S/C21H33NO5/c1-20(2,3)27-19(26)22-8-4-6-16-17(24)12-15-10-14(13-23)11-18(25)21(15,16)7-5-9-22/h14-16,23H,4-13H2,1-3H3. The Morgan fingerprint density at radius 2 is 1.93 bits per heavy atom. The van der Waals surface area contributed by atoms with Crippen LogP contribution in [-0.4, -0.2) is 53.0 Å². The zero-order valence-electron chi connectivity index (χ0n) is 16.8. The lowest BCUT2D eigenvalue weighted by atomic mass is 9.58. The molecule has 1 spiro atoms. The minimum atomic E-state index is -0.563. The van der Waals surface area contributed by atoms with Crippen LogP contribution >= 0.6 is 0 Å². The molecule has 1 amide bonds. The number of Topliss-reactive ketones (excluding diaryl/α,β-unsaturated/α-hetero) is 2. The van der Waals surface area contributed by atoms with Gasteiger partial charge in [-0.25, -0.2) is 4.79 Å². The van der Waals surface area contributed by atoms with E-state index in [1.165, 1.54) is 0 Å². The molecule has 152 valence electrons. The highest BCUT2D eigenvalue weighted by atomic mass is 16.6. The van der Waals surface area contributed by atoms with Gasteiger partial charge in [0.2, 0.25) is 0 Å². The zero-order valence-corrected chi connectivity index (χ0v) is 16.8. The van der Waals surface area contributed by atoms with Crippen LogP contribution in [0.5, 0.6) is 0 Å². The van der Waals surface area contributed by atoms with Gasteiger partial charge in [0, 0.05) is 43.9 Å². The lowest BCUT2D eigenvalue weighted by Gasteiger charge is -2.43. The Hall–Kier alpha value is -1.43. The Bertz CT molecular complexity index is 610. The predicted octanol–water partition coefficient (Wildman–Crippen LogP) is 2.96. The molecule has 3 fully saturated rings. The molecule has 0 aromatic carbocycles. The topological polar surface area (TPSA) is 83.9 Å². The summed E-state index contributed by atoms with van der Waals surface area (Å²) in [6.45, 7) is 6.70. The van der Waals surface area contributed by atoms with Gasteiger partial charge in [0.15, 0.2) is 0 Å². The largest absolute Gasteiger partial charge is 0.444 e. The molecule has 4 atom stereocenters. The van der Waals surface area contributed by atoms with Crippen LogP contribution in [0.4, 0.5) is 4.79 Å². The van der Waals surface area contributed by atoms with Crippen molar-refractivity contribution < 1.29 is 24.2 Å². The molecule has 3 aliphatic rings. The monoisotopic (exact) mass is 379 g/mol. The zero-order chi connectivity index (χ0) is 19.8. The van der Waals surface area contributed by atoms with Crippen molar-refractivity contribution in [2.75, 3.05) is 19.7 Å². The lowest BCUT2D eigenvalue weighted by molar-refractivity contribution is -0.143. The lowest BCUT2D eigenvalue weighted by Crippen LogP contribution is -2.46. The second kappa shape index (κ2) is 7.53. The van der Waals surface area contributed by atoms with Crippen molar-refractivity contribution in [2.45, 2.75) is 71.3 Å². The number of amides is 1. The summed E-state index contributed by atoms with van der Waals surface area (Å²) in [5.41, 5.74) is -1.10. The molecule has 2 aliphatic carbocycles. The summed E-state index contributed by atoms with van der Waals surface area (Å²) < 4.78 is 5.51. The molecule has 27 heavy (non-hydrogen) atoms. The van der Waals surface area contributed by atoms with E-state index in [-0.39, 0.29) is 42.0 Å². The van der Waals surface area contributed by atoms with E-state index in [1.54, 1.807) is 4.90 Å². The Kier molecular flexibility index (Phi) is 5.67. The third-order valence-corrected chi connectivity index (χ3v) is 6.65. The number of aliphatic hydroxyl groups excluding tert-OH is 1. The first-order chi connectivity index (χ1) is 12.7. The Morgan fingerprint density at radius 1 is 1.22 bits per heavy atom. The number of hydrogen-bond acceptors (Lipinski definition) is 5. The molecule has 4 unspecified atom stereocenters. The summed E-state index contributed by atoms with van der Waals surface area (Å²) >= 11 is 0. The number of ketones is 2. The second-order valence-electron chi connectivity index (χ2n) is 9.59. The maximum Gasteiger partial charge on any atom is 0.410 e. The summed E-state index contributed by atoms with van der Waals surface area (Å²) in [5, 5.41) is 9.53. The van der Waals surface area contributed by atoms with E-state index in [4.69, 9.17) is 4.74 Å². The van der Waals surface area contributed by atoms with Gasteiger partial charge in [0.25, 0.3) is 0 Å². The van der Waals surface area contributed by atoms with Gasteiger partial charge < -0.3 is 14.7 Å². The highest BCUT2D eigenvalue weighted by Crippen LogP contribution is 2.57. The van der Waals surface area contributed by atoms with Gasteiger partial charge in [-0.3, -0.25) is 9.59 Å². The highest BCUT2D eigenvalue weighted by Gasteiger charge is 2.60. The van der Waals surface area contributed by atoms with E-state index in [0.717, 1.165) is 6.42 Å². The van der Waals surface area contributed by atoms with E-state index in [9.17, 15) is 19.5 Å². The molecule has 1 heterocycles. The summed E-state index contributed by atoms with van der Waals surface area (Å²) in [4.78, 5) is 40.1. The Labute approximate surface area is 161 Å². The molecule has 1 aliphatic heterocycles. The van der Waals surface area contributed by atoms with E-state index in [0.29, 0.717) is 51.6 Å². The molecule has 0 bridgehead atoms. The van der Waals surface area contributed by atoms with Crippen LogP contribution in [0.2, 0.25) is 0 Å². The average molecular weight is 379 g/mol. The molecule has 3 rings (SSSR count). The van der Waals surface area contributed by atoms with Gasteiger partial charge >= 0.3 is 6.09 Å². The fraction of sp³-hybridized carbons (Fsp3) is 0.857. The van der Waals surface area contributed by atoms with Crippen LogP contribution in [0.15, 0.2) is 0 Å². The molecule has 0 radical (unpaired) electrons. The van der Waals surface area contributed by atoms with Crippen LogP contribution in [0.3, 0.4) is 0 Å². The molecule has 6 heteroatoms. The summed E-state index contributed by atoms with van der Waals surface area (Å²) in [6, 6.07) is 0. The number of ether oxygens (including phenoxy) is 1. The summed E-state index contributed by atoms with van der Waals surface area (Å²) in [5.74, 6) is 0.206. The Balaban J connectivity index is 1.78. The van der Waals surface area contributed by atoms with Crippen LogP contribution in [0.25, 0.3) is 0 Å². The number of carbonyl (C=O) groups excluding carboxylic acids is 3. The molecule has 1 N–H and O–H groups in total. The van der Waals surface area contributed by atoms with Gasteiger partial charge in [-0.15, -0.1) is 0 Å². The minimum Gasteiger partial charge on any atom is -0.444 e. The number of rotatable bonds is 1. The van der Waals surface area contributed by atoms with Crippen molar-refractivity contribution in [1.29, 1.82) is 0 Å². The van der Waals surface area contributed by atoms with Gasteiger partial charge in [0.1, 0.15) is 17.2 Å². The third kappa shape index (κ3) is 3.91. The summed E-state index contributed by atoms with van der Waals surface area (Å²) in [6.07, 6.45) is 4.03. The quantitative estimate of drug-likeness (QED) is 0.757. The maximum atomic E-state index is 13.2. The molecule has 6 nitrogen and oxygen atoms in total. The fourth-order valence-electron chi connectivity index (χ4n) is 5.54. The highest BCUT2D eigenvalue weighted by molar-refractivity contribution is 5.97. The van der Waals surface area contributed by atoms with Crippen molar-refractivity contribution in [3.05, 3.63) is 0 Å². The van der Waals surface area contributed by atoms with Gasteiger partial charge in [-0.1, -0.05) is 0 Å². The summed E-state index contributed by atoms with van der Waals surface area (Å²) in [7, 11) is 0. The SMILES string of the molecule is CC(C)(C)OC(=O)N1CCCC2C(=O)CC3CC(CO)CC(=O)C32CCC1. The number of nitrogens with zero attached hydrogens (tertiary/aromatic N) is 1. The number of hydrogen-bond donors (Lipinski definition) is 1. The average Bonchev–Trinajstić information content (AvgIpc) is 2.88. The second-order valence-corrected chi connectivity index (χ2v) is 9.59. The van der Waals surface area contributed by atoms with Crippen molar-refractivity contribution in [3.8, 4) is 0 Å². The van der Waals surface area contributed by atoms with Crippen molar-refractivity contribution >= 4 is 17.7 Å². The fourth-order valence-corrected chi connectivity index (χ4v) is 5.54. The Morgan fingerprint density at radius 3 is 2.59 bits per heavy atom. The predicted molar refractivity (Wildman–Crippen MR) is 100 cm³/mol. The van der Waals surface area contributed by atoms with E-state index in [2.05, 4.69) is 0 Å². The smallest absolute Gasteiger partial charge is 0.410 e. The normalized spacial score (nSPS) is 35.0. The number of carbonyl (C=O) groups is 3. The first kappa shape index (κ1) is 20.3. The minimum absolute atomic E-state index is 0.00874. The first-order valence-electron chi connectivity index (χ1n) is 10.3. The molecule has 0 aromatic heterocycles. The maximum absolute atomic E-state index is 13.2. The van der Waals surface area contributed by atoms with E-state index >= 15 is 0 Å². The van der Waals surface area contributed by atoms with Crippen LogP contribution in [-0.2, 0) is 14.3 Å². The molecular weight excluding hydrogens is 346 g/mol. The molecule has 1 saturated heterocycles. The van der Waals surface area contributed by atoms with E-state index < -0.39 is 11.0 Å². The van der Waals surface area contributed by atoms with Gasteiger partial charge in [-0.05, 0) is 64.7 Å². The number of aliphatic hydroxyl groups is 1. The van der Waals surface area contributed by atoms with Gasteiger partial charge in [0.05, 0.1) is 0 Å². The first-order valence-corrected chi connectivity index (χ1v) is 10.3. The third-order valence-electron chi connectivity index (χ3n) is 6.65. The molecular formula is C21H33NO5. The van der Waals surface area contributed by atoms with Crippen molar-refractivity contribution in [2.24, 2.45) is 23.2 Å². The van der Waals surface area contributed by atoms with Crippen LogP contribution in [0.1, 0.15) is 65.7 Å². The molecule has 2 saturated carbocycles. The van der Waals surface area contributed by atoms with Crippen molar-refractivity contribution in [3.63, 3.8) is 0 Å².